The van der Waals surface area contributed by atoms with Crippen LogP contribution in [-0.2, 0) is 10.5 Å². The number of hydrogen-bond donors (Lipinski definition) is 2. The maximum Gasteiger partial charge on any atom is 0.319 e. The van der Waals surface area contributed by atoms with Crippen molar-refractivity contribution in [2.24, 2.45) is 0 Å². The van der Waals surface area contributed by atoms with Gasteiger partial charge in [-0.05, 0) is 49.1 Å². The highest BCUT2D eigenvalue weighted by atomic mass is 32.2. The number of anilines is 1. The number of carbonyl (C=O) groups excluding carboxylic acids is 1. The average molecular weight is 400 g/mol. The highest BCUT2D eigenvalue weighted by Gasteiger charge is 2.13. The lowest BCUT2D eigenvalue weighted by Crippen LogP contribution is -2.30. The number of carbonyl (C=O) groups is 1. The van der Waals surface area contributed by atoms with Crippen molar-refractivity contribution >= 4 is 23.5 Å². The van der Waals surface area contributed by atoms with E-state index in [1.54, 1.807) is 18.0 Å². The number of nitrogens with one attached hydrogen (secondary N) is 2. The third kappa shape index (κ3) is 7.52. The Labute approximate surface area is 171 Å². The summed E-state index contributed by atoms with van der Waals surface area (Å²) in [6.07, 6.45) is 9.33. The number of aromatic nitrogens is 1. The second kappa shape index (κ2) is 11.7. The van der Waals surface area contributed by atoms with Crippen LogP contribution in [0, 0.1) is 0 Å². The van der Waals surface area contributed by atoms with Crippen LogP contribution in [0.25, 0.3) is 0 Å². The highest BCUT2D eigenvalue weighted by Crippen LogP contribution is 2.22. The minimum atomic E-state index is -0.174. The standard InChI is InChI=1S/C22H29N3O2S/c26-22(24-14-7-15-27-20-10-2-1-3-11-20)25-19-9-6-8-18(16-19)17-28-21-12-4-5-13-23-21/h4-6,8-9,12-13,16,20H,1-3,7,10-11,14-15,17H2,(H2,24,25,26). The number of nitrogens with zero attached hydrogens (tertiary/aromatic N) is 1. The maximum atomic E-state index is 12.1. The molecule has 1 aromatic heterocycles. The lowest BCUT2D eigenvalue weighted by atomic mass is 9.98. The third-order valence-electron chi connectivity index (χ3n) is 4.72. The smallest absolute Gasteiger partial charge is 0.319 e. The first-order valence-electron chi connectivity index (χ1n) is 10.1. The lowest BCUT2D eigenvalue weighted by Gasteiger charge is -2.21. The van der Waals surface area contributed by atoms with Gasteiger partial charge in [0.1, 0.15) is 0 Å². The molecular weight excluding hydrogens is 370 g/mol. The van der Waals surface area contributed by atoms with Crippen LogP contribution in [0.5, 0.6) is 0 Å². The molecule has 1 aliphatic rings. The monoisotopic (exact) mass is 399 g/mol. The minimum absolute atomic E-state index is 0.174. The first-order chi connectivity index (χ1) is 13.8. The largest absolute Gasteiger partial charge is 0.378 e. The summed E-state index contributed by atoms with van der Waals surface area (Å²) >= 11 is 1.68. The molecule has 0 radical (unpaired) electrons. The molecule has 1 heterocycles. The Hall–Kier alpha value is -2.05. The molecule has 1 aliphatic carbocycles. The Morgan fingerprint density at radius 3 is 2.86 bits per heavy atom. The van der Waals surface area contributed by atoms with Crippen LogP contribution < -0.4 is 10.6 Å². The van der Waals surface area contributed by atoms with E-state index in [-0.39, 0.29) is 6.03 Å². The van der Waals surface area contributed by atoms with Crippen molar-refractivity contribution in [1.29, 1.82) is 0 Å². The predicted octanol–water partition coefficient (Wildman–Crippen LogP) is 5.23. The summed E-state index contributed by atoms with van der Waals surface area (Å²) in [4.78, 5) is 16.4. The van der Waals surface area contributed by atoms with Gasteiger partial charge in [0.2, 0.25) is 0 Å². The third-order valence-corrected chi connectivity index (χ3v) is 5.74. The number of thioether (sulfide) groups is 1. The highest BCUT2D eigenvalue weighted by molar-refractivity contribution is 7.98. The van der Waals surface area contributed by atoms with Crippen molar-refractivity contribution in [2.45, 2.75) is 55.4 Å². The summed E-state index contributed by atoms with van der Waals surface area (Å²) in [6.45, 7) is 1.33. The van der Waals surface area contributed by atoms with Crippen molar-refractivity contribution in [3.05, 3.63) is 54.2 Å². The van der Waals surface area contributed by atoms with E-state index in [1.807, 2.05) is 36.4 Å². The van der Waals surface area contributed by atoms with Crippen LogP contribution in [0.3, 0.4) is 0 Å². The molecule has 0 atom stereocenters. The molecule has 2 N–H and O–H groups in total. The van der Waals surface area contributed by atoms with Gasteiger partial charge in [-0.2, -0.15) is 0 Å². The van der Waals surface area contributed by atoms with Crippen molar-refractivity contribution in [1.82, 2.24) is 10.3 Å². The van der Waals surface area contributed by atoms with E-state index in [2.05, 4.69) is 21.7 Å². The number of urea groups is 1. The topological polar surface area (TPSA) is 63.2 Å². The van der Waals surface area contributed by atoms with Crippen molar-refractivity contribution < 1.29 is 9.53 Å². The second-order valence-corrected chi connectivity index (χ2v) is 8.02. The quantitative estimate of drug-likeness (QED) is 0.447. The van der Waals surface area contributed by atoms with Gasteiger partial charge in [0, 0.05) is 30.8 Å². The fourth-order valence-electron chi connectivity index (χ4n) is 3.26. The summed E-state index contributed by atoms with van der Waals surface area (Å²) in [5, 5.41) is 6.80. The number of rotatable bonds is 9. The van der Waals surface area contributed by atoms with Gasteiger partial charge < -0.3 is 15.4 Å². The van der Waals surface area contributed by atoms with Crippen LogP contribution in [0.4, 0.5) is 10.5 Å². The molecule has 0 aliphatic heterocycles. The maximum absolute atomic E-state index is 12.1. The summed E-state index contributed by atoms with van der Waals surface area (Å²) in [6, 6.07) is 13.6. The fraction of sp³-hybridized carbons (Fsp3) is 0.455. The molecule has 150 valence electrons. The van der Waals surface area contributed by atoms with Crippen molar-refractivity contribution in [2.75, 3.05) is 18.5 Å². The second-order valence-electron chi connectivity index (χ2n) is 7.02. The van der Waals surface area contributed by atoms with Crippen LogP contribution in [0.2, 0.25) is 0 Å². The van der Waals surface area contributed by atoms with E-state index in [4.69, 9.17) is 4.74 Å². The van der Waals surface area contributed by atoms with Crippen molar-refractivity contribution in [3.8, 4) is 0 Å². The Balaban J connectivity index is 1.33. The summed E-state index contributed by atoms with van der Waals surface area (Å²) in [7, 11) is 0. The van der Waals surface area contributed by atoms with Crippen LogP contribution in [-0.4, -0.2) is 30.3 Å². The summed E-state index contributed by atoms with van der Waals surface area (Å²) in [5.74, 6) is 0.812. The molecule has 5 nitrogen and oxygen atoms in total. The van der Waals surface area contributed by atoms with Gasteiger partial charge in [-0.3, -0.25) is 0 Å². The van der Waals surface area contributed by atoms with Crippen LogP contribution in [0.1, 0.15) is 44.1 Å². The minimum Gasteiger partial charge on any atom is -0.378 e. The lowest BCUT2D eigenvalue weighted by molar-refractivity contribution is 0.0276. The molecule has 2 aromatic rings. The van der Waals surface area contributed by atoms with Gasteiger partial charge in [0.05, 0.1) is 11.1 Å². The number of pyridine rings is 1. The molecular formula is C22H29N3O2S. The molecule has 6 heteroatoms. The molecule has 28 heavy (non-hydrogen) atoms. The number of amides is 2. The number of benzene rings is 1. The molecule has 0 spiro atoms. The Bertz CT molecular complexity index is 721. The van der Waals surface area contributed by atoms with E-state index in [0.29, 0.717) is 19.3 Å². The normalized spacial score (nSPS) is 14.6. The predicted molar refractivity (Wildman–Crippen MR) is 115 cm³/mol. The van der Waals surface area contributed by atoms with E-state index in [1.165, 1.54) is 32.1 Å². The summed E-state index contributed by atoms with van der Waals surface area (Å²) in [5.41, 5.74) is 1.95. The first kappa shape index (κ1) is 20.7. The Morgan fingerprint density at radius 1 is 1.14 bits per heavy atom. The zero-order valence-electron chi connectivity index (χ0n) is 16.2. The van der Waals surface area contributed by atoms with Gasteiger partial charge >= 0.3 is 6.03 Å². The van der Waals surface area contributed by atoms with E-state index in [0.717, 1.165) is 28.5 Å². The van der Waals surface area contributed by atoms with Gasteiger partial charge in [0.15, 0.2) is 0 Å². The van der Waals surface area contributed by atoms with Crippen molar-refractivity contribution in [3.63, 3.8) is 0 Å². The van der Waals surface area contributed by atoms with Crippen LogP contribution in [0.15, 0.2) is 53.7 Å². The Kier molecular flexibility index (Phi) is 8.65. The van der Waals surface area contributed by atoms with E-state index in [9.17, 15) is 4.79 Å². The number of hydrogen-bond acceptors (Lipinski definition) is 4. The van der Waals surface area contributed by atoms with Gasteiger partial charge in [-0.15, -0.1) is 11.8 Å². The molecule has 0 saturated heterocycles. The average Bonchev–Trinajstić information content (AvgIpc) is 2.74. The molecule has 1 saturated carbocycles. The summed E-state index contributed by atoms with van der Waals surface area (Å²) < 4.78 is 5.88. The fourth-order valence-corrected chi connectivity index (χ4v) is 4.06. The molecule has 2 amide bonds. The van der Waals surface area contributed by atoms with Crippen LogP contribution >= 0.6 is 11.8 Å². The molecule has 3 rings (SSSR count). The first-order valence-corrected chi connectivity index (χ1v) is 11.1. The van der Waals surface area contributed by atoms with Gasteiger partial charge in [-0.1, -0.05) is 37.5 Å². The van der Waals surface area contributed by atoms with E-state index >= 15 is 0 Å². The van der Waals surface area contributed by atoms with E-state index < -0.39 is 0 Å². The zero-order chi connectivity index (χ0) is 19.4. The molecule has 0 bridgehead atoms. The molecule has 0 unspecified atom stereocenters. The SMILES string of the molecule is O=C(NCCCOC1CCCCC1)Nc1cccc(CSc2ccccn2)c1. The Morgan fingerprint density at radius 2 is 2.04 bits per heavy atom. The van der Waals surface area contributed by atoms with Gasteiger partial charge in [0.25, 0.3) is 0 Å². The zero-order valence-corrected chi connectivity index (χ0v) is 17.0. The molecule has 1 fully saturated rings. The number of ether oxygens (including phenoxy) is 1. The molecule has 1 aromatic carbocycles. The van der Waals surface area contributed by atoms with Gasteiger partial charge in [-0.25, -0.2) is 9.78 Å².